The van der Waals surface area contributed by atoms with E-state index in [4.69, 9.17) is 10.5 Å². The molecule has 0 radical (unpaired) electrons. The smallest absolute Gasteiger partial charge is 0.230 e. The van der Waals surface area contributed by atoms with Crippen LogP contribution in [0.25, 0.3) is 0 Å². The molecule has 7 heteroatoms. The first kappa shape index (κ1) is 14.4. The maximum Gasteiger partial charge on any atom is 0.230 e. The Balaban J connectivity index is 1.86. The van der Waals surface area contributed by atoms with Crippen molar-refractivity contribution < 1.29 is 9.53 Å². The molecule has 1 unspecified atom stereocenters. The molecule has 0 aliphatic carbocycles. The van der Waals surface area contributed by atoms with Gasteiger partial charge in [0.05, 0.1) is 18.9 Å². The summed E-state index contributed by atoms with van der Waals surface area (Å²) in [7, 11) is 0. The predicted molar refractivity (Wildman–Crippen MR) is 75.1 cm³/mol. The average molecular weight is 284 g/mol. The van der Waals surface area contributed by atoms with Gasteiger partial charge in [-0.1, -0.05) is 6.92 Å². The van der Waals surface area contributed by atoms with Gasteiger partial charge in [0.15, 0.2) is 5.13 Å². The molecule has 2 heterocycles. The molecule has 1 aromatic rings. The van der Waals surface area contributed by atoms with Gasteiger partial charge in [-0.15, -0.1) is 11.3 Å². The van der Waals surface area contributed by atoms with Gasteiger partial charge in [0, 0.05) is 37.5 Å². The molecule has 6 nitrogen and oxygen atoms in total. The molecule has 0 bridgehead atoms. The van der Waals surface area contributed by atoms with Crippen molar-refractivity contribution in [3.8, 4) is 0 Å². The number of rotatable bonds is 5. The Morgan fingerprint density at radius 2 is 2.37 bits per heavy atom. The molecular formula is C12H20N4O2S. The number of morpholine rings is 1. The van der Waals surface area contributed by atoms with Crippen LogP contribution in [0.5, 0.6) is 0 Å². The third-order valence-electron chi connectivity index (χ3n) is 3.07. The van der Waals surface area contributed by atoms with Gasteiger partial charge in [-0.25, -0.2) is 4.98 Å². The van der Waals surface area contributed by atoms with Gasteiger partial charge in [-0.3, -0.25) is 9.69 Å². The highest BCUT2D eigenvalue weighted by Crippen LogP contribution is 2.17. The minimum absolute atomic E-state index is 0.0743. The average Bonchev–Trinajstić information content (AvgIpc) is 2.86. The van der Waals surface area contributed by atoms with E-state index in [1.54, 1.807) is 6.92 Å². The second kappa shape index (κ2) is 6.95. The molecule has 3 N–H and O–H groups in total. The predicted octanol–water partition coefficient (Wildman–Crippen LogP) is 0.509. The molecule has 0 spiro atoms. The van der Waals surface area contributed by atoms with Crippen LogP contribution in [0.1, 0.15) is 12.6 Å². The third-order valence-corrected chi connectivity index (χ3v) is 3.88. The number of hydrogen-bond donors (Lipinski definition) is 2. The van der Waals surface area contributed by atoms with E-state index in [2.05, 4.69) is 15.2 Å². The zero-order valence-corrected chi connectivity index (χ0v) is 11.9. The Morgan fingerprint density at radius 1 is 1.63 bits per heavy atom. The van der Waals surface area contributed by atoms with Gasteiger partial charge in [-0.05, 0) is 0 Å². The second-order valence-corrected chi connectivity index (χ2v) is 5.52. The van der Waals surface area contributed by atoms with Crippen molar-refractivity contribution in [3.63, 3.8) is 0 Å². The fourth-order valence-electron chi connectivity index (χ4n) is 1.76. The Labute approximate surface area is 116 Å². The van der Waals surface area contributed by atoms with Crippen molar-refractivity contribution in [1.82, 2.24) is 9.88 Å². The number of carbonyl (C=O) groups is 1. The van der Waals surface area contributed by atoms with Crippen LogP contribution in [-0.4, -0.2) is 48.6 Å². The molecule has 1 aromatic heterocycles. The SMILES string of the molecule is CC(CN)C(=O)Nc1nc(CN2CCOCC2)cs1. The number of aromatic nitrogens is 1. The minimum atomic E-state index is -0.188. The molecule has 19 heavy (non-hydrogen) atoms. The summed E-state index contributed by atoms with van der Waals surface area (Å²) in [6.07, 6.45) is 0. The van der Waals surface area contributed by atoms with Crippen molar-refractivity contribution in [3.05, 3.63) is 11.1 Å². The normalized spacial score (nSPS) is 18.2. The van der Waals surface area contributed by atoms with Gasteiger partial charge in [0.25, 0.3) is 0 Å². The number of carbonyl (C=O) groups excluding carboxylic acids is 1. The molecule has 106 valence electrons. The summed E-state index contributed by atoms with van der Waals surface area (Å²) in [6, 6.07) is 0. The number of nitrogens with one attached hydrogen (secondary N) is 1. The highest BCUT2D eigenvalue weighted by molar-refractivity contribution is 7.13. The highest BCUT2D eigenvalue weighted by atomic mass is 32.1. The van der Waals surface area contributed by atoms with Crippen molar-refractivity contribution in [1.29, 1.82) is 0 Å². The molecule has 1 amide bonds. The Hall–Kier alpha value is -1.02. The summed E-state index contributed by atoms with van der Waals surface area (Å²) in [4.78, 5) is 18.4. The molecule has 1 saturated heterocycles. The standard InChI is InChI=1S/C12H20N4O2S/c1-9(6-13)11(17)15-12-14-10(8-19-12)7-16-2-4-18-5-3-16/h8-9H,2-7,13H2,1H3,(H,14,15,17). The Bertz CT molecular complexity index is 418. The van der Waals surface area contributed by atoms with Crippen LogP contribution in [-0.2, 0) is 16.1 Å². The van der Waals surface area contributed by atoms with Gasteiger partial charge in [0.2, 0.25) is 5.91 Å². The number of anilines is 1. The van der Waals surface area contributed by atoms with Gasteiger partial charge in [0.1, 0.15) is 0 Å². The third kappa shape index (κ3) is 4.24. The number of thiazole rings is 1. The van der Waals surface area contributed by atoms with E-state index in [0.717, 1.165) is 38.5 Å². The maximum absolute atomic E-state index is 11.7. The second-order valence-electron chi connectivity index (χ2n) is 4.66. The van der Waals surface area contributed by atoms with E-state index in [1.165, 1.54) is 11.3 Å². The zero-order chi connectivity index (χ0) is 13.7. The van der Waals surface area contributed by atoms with Crippen molar-refractivity contribution in [2.45, 2.75) is 13.5 Å². The fourth-order valence-corrected chi connectivity index (χ4v) is 2.47. The molecule has 0 saturated carbocycles. The highest BCUT2D eigenvalue weighted by Gasteiger charge is 2.15. The molecule has 2 rings (SSSR count). The zero-order valence-electron chi connectivity index (χ0n) is 11.1. The van der Waals surface area contributed by atoms with Crippen LogP contribution in [0.3, 0.4) is 0 Å². The lowest BCUT2D eigenvalue weighted by Gasteiger charge is -2.25. The van der Waals surface area contributed by atoms with Crippen molar-refractivity contribution in [2.75, 3.05) is 38.2 Å². The van der Waals surface area contributed by atoms with E-state index < -0.39 is 0 Å². The summed E-state index contributed by atoms with van der Waals surface area (Å²) in [5.41, 5.74) is 6.45. The van der Waals surface area contributed by atoms with Crippen LogP contribution in [0.2, 0.25) is 0 Å². The first-order chi connectivity index (χ1) is 9.19. The van der Waals surface area contributed by atoms with Gasteiger partial charge < -0.3 is 15.8 Å². The summed E-state index contributed by atoms with van der Waals surface area (Å²) < 4.78 is 5.31. The van der Waals surface area contributed by atoms with E-state index in [-0.39, 0.29) is 11.8 Å². The number of nitrogens with zero attached hydrogens (tertiary/aromatic N) is 2. The first-order valence-electron chi connectivity index (χ1n) is 6.44. The van der Waals surface area contributed by atoms with E-state index in [0.29, 0.717) is 11.7 Å². The van der Waals surface area contributed by atoms with E-state index >= 15 is 0 Å². The molecule has 1 aliphatic rings. The van der Waals surface area contributed by atoms with Crippen LogP contribution in [0.4, 0.5) is 5.13 Å². The lowest BCUT2D eigenvalue weighted by Crippen LogP contribution is -2.35. The molecular weight excluding hydrogens is 264 g/mol. The first-order valence-corrected chi connectivity index (χ1v) is 7.32. The molecule has 1 fully saturated rings. The van der Waals surface area contributed by atoms with E-state index in [9.17, 15) is 4.79 Å². The van der Waals surface area contributed by atoms with Crippen molar-refractivity contribution in [2.24, 2.45) is 11.7 Å². The lowest BCUT2D eigenvalue weighted by atomic mass is 10.2. The quantitative estimate of drug-likeness (QED) is 0.823. The van der Waals surface area contributed by atoms with Gasteiger partial charge in [-0.2, -0.15) is 0 Å². The van der Waals surface area contributed by atoms with Crippen LogP contribution in [0.15, 0.2) is 5.38 Å². The Kier molecular flexibility index (Phi) is 5.26. The van der Waals surface area contributed by atoms with Crippen molar-refractivity contribution >= 4 is 22.4 Å². The topological polar surface area (TPSA) is 80.5 Å². The maximum atomic E-state index is 11.7. The summed E-state index contributed by atoms with van der Waals surface area (Å²) in [5.74, 6) is -0.263. The van der Waals surface area contributed by atoms with E-state index in [1.807, 2.05) is 5.38 Å². The monoisotopic (exact) mass is 284 g/mol. The lowest BCUT2D eigenvalue weighted by molar-refractivity contribution is -0.119. The molecule has 1 atom stereocenters. The summed E-state index contributed by atoms with van der Waals surface area (Å²) in [5, 5.41) is 5.43. The van der Waals surface area contributed by atoms with Crippen LogP contribution in [0, 0.1) is 5.92 Å². The van der Waals surface area contributed by atoms with Crippen LogP contribution >= 0.6 is 11.3 Å². The minimum Gasteiger partial charge on any atom is -0.379 e. The number of hydrogen-bond acceptors (Lipinski definition) is 6. The summed E-state index contributed by atoms with van der Waals surface area (Å²) >= 11 is 1.45. The number of ether oxygens (including phenoxy) is 1. The molecule has 0 aromatic carbocycles. The summed E-state index contributed by atoms with van der Waals surface area (Å²) in [6.45, 7) is 6.38. The number of nitrogens with two attached hydrogens (primary N) is 1. The Morgan fingerprint density at radius 3 is 3.05 bits per heavy atom. The number of amides is 1. The molecule has 1 aliphatic heterocycles. The van der Waals surface area contributed by atoms with Crippen LogP contribution < -0.4 is 11.1 Å². The van der Waals surface area contributed by atoms with Gasteiger partial charge >= 0.3 is 0 Å². The fraction of sp³-hybridized carbons (Fsp3) is 0.667. The largest absolute Gasteiger partial charge is 0.379 e.